The fourth-order valence-corrected chi connectivity index (χ4v) is 2.65. The van der Waals surface area contributed by atoms with Gasteiger partial charge in [0.05, 0.1) is 5.69 Å². The zero-order valence-corrected chi connectivity index (χ0v) is 12.3. The fourth-order valence-electron chi connectivity index (χ4n) is 1.77. The molecule has 21 heavy (non-hydrogen) atoms. The van der Waals surface area contributed by atoms with E-state index in [1.807, 2.05) is 12.3 Å². The van der Waals surface area contributed by atoms with E-state index >= 15 is 0 Å². The molecule has 0 aliphatic rings. The van der Waals surface area contributed by atoms with Crippen molar-refractivity contribution >= 4 is 22.6 Å². The van der Waals surface area contributed by atoms with Crippen LogP contribution < -0.4 is 5.69 Å². The van der Waals surface area contributed by atoms with Crippen LogP contribution in [0.1, 0.15) is 12.6 Å². The molecule has 0 fully saturated rings. The Balaban J connectivity index is 2.14. The van der Waals surface area contributed by atoms with Gasteiger partial charge in [-0.1, -0.05) is 11.8 Å². The minimum atomic E-state index is -0.364. The Morgan fingerprint density at radius 1 is 1.52 bits per heavy atom. The molecule has 0 atom stereocenters. The maximum absolute atomic E-state index is 12.1. The summed E-state index contributed by atoms with van der Waals surface area (Å²) in [5.41, 5.74) is 2.21. The van der Waals surface area contributed by atoms with Crippen molar-refractivity contribution in [1.29, 1.82) is 0 Å². The molecular formula is C12H12N6O2S. The standard InChI is InChI=1S/C12H12N6O2S/c1-7(2)8-4-21-11(14-8)9-10-15-16-18(6-20-3)12(19)17(10)5-13-9/h4-5H,1,6H2,2-3H3. The lowest BCUT2D eigenvalue weighted by atomic mass is 10.3. The number of methoxy groups -OCH3 is 1. The molecule has 3 heterocycles. The van der Waals surface area contributed by atoms with Crippen molar-refractivity contribution in [3.63, 3.8) is 0 Å². The molecule has 0 radical (unpaired) electrons. The van der Waals surface area contributed by atoms with Crippen LogP contribution in [0.2, 0.25) is 0 Å². The third-order valence-corrected chi connectivity index (χ3v) is 3.66. The average molecular weight is 304 g/mol. The van der Waals surface area contributed by atoms with Gasteiger partial charge >= 0.3 is 5.69 Å². The van der Waals surface area contributed by atoms with E-state index in [0.29, 0.717) is 16.3 Å². The molecule has 0 saturated heterocycles. The Morgan fingerprint density at radius 2 is 2.33 bits per heavy atom. The molecule has 0 aliphatic carbocycles. The van der Waals surface area contributed by atoms with Crippen molar-refractivity contribution < 1.29 is 4.74 Å². The number of thiazole rings is 1. The van der Waals surface area contributed by atoms with Gasteiger partial charge in [0.1, 0.15) is 23.8 Å². The van der Waals surface area contributed by atoms with Gasteiger partial charge in [-0.3, -0.25) is 0 Å². The Hall–Kier alpha value is -2.39. The number of aromatic nitrogens is 6. The van der Waals surface area contributed by atoms with Crippen LogP contribution >= 0.6 is 11.3 Å². The van der Waals surface area contributed by atoms with Crippen molar-refractivity contribution in [3.8, 4) is 10.7 Å². The normalized spacial score (nSPS) is 11.1. The molecule has 0 saturated carbocycles. The number of ether oxygens (including phenoxy) is 1. The number of fused-ring (bicyclic) bond motifs is 1. The number of hydrogen-bond donors (Lipinski definition) is 0. The predicted octanol–water partition coefficient (Wildman–Crippen LogP) is 1.05. The molecule has 0 amide bonds. The zero-order chi connectivity index (χ0) is 15.0. The van der Waals surface area contributed by atoms with Gasteiger partial charge in [-0.05, 0) is 12.5 Å². The SMILES string of the molecule is C=C(C)c1csc(-c2ncn3c(=O)n(COC)nnc23)n1. The van der Waals surface area contributed by atoms with Gasteiger partial charge < -0.3 is 4.74 Å². The monoisotopic (exact) mass is 304 g/mol. The summed E-state index contributed by atoms with van der Waals surface area (Å²) in [6.45, 7) is 5.77. The van der Waals surface area contributed by atoms with E-state index in [1.165, 1.54) is 29.2 Å². The second-order valence-corrected chi connectivity index (χ2v) is 5.25. The minimum absolute atomic E-state index is 0.0341. The lowest BCUT2D eigenvalue weighted by Crippen LogP contribution is -2.30. The van der Waals surface area contributed by atoms with E-state index in [0.717, 1.165) is 15.9 Å². The van der Waals surface area contributed by atoms with Crippen molar-refractivity contribution in [2.75, 3.05) is 7.11 Å². The van der Waals surface area contributed by atoms with Crippen LogP contribution in [0.4, 0.5) is 0 Å². The quantitative estimate of drug-likeness (QED) is 0.716. The molecule has 3 aromatic heterocycles. The maximum Gasteiger partial charge on any atom is 0.355 e. The molecule has 8 nitrogen and oxygen atoms in total. The van der Waals surface area contributed by atoms with Crippen molar-refractivity contribution in [2.24, 2.45) is 0 Å². The van der Waals surface area contributed by atoms with Gasteiger partial charge in [0.15, 0.2) is 5.65 Å². The van der Waals surface area contributed by atoms with Crippen LogP contribution in [-0.4, -0.2) is 36.5 Å². The highest BCUT2D eigenvalue weighted by atomic mass is 32.1. The number of rotatable bonds is 4. The minimum Gasteiger partial charge on any atom is -0.362 e. The number of allylic oxidation sites excluding steroid dienone is 1. The molecule has 0 aromatic carbocycles. The summed E-state index contributed by atoms with van der Waals surface area (Å²) in [6, 6.07) is 0. The van der Waals surface area contributed by atoms with Gasteiger partial charge in [-0.25, -0.2) is 19.2 Å². The molecule has 0 aliphatic heterocycles. The van der Waals surface area contributed by atoms with Crippen LogP contribution in [-0.2, 0) is 11.5 Å². The summed E-state index contributed by atoms with van der Waals surface area (Å²) in [4.78, 5) is 20.8. The van der Waals surface area contributed by atoms with Crippen molar-refractivity contribution in [1.82, 2.24) is 29.4 Å². The van der Waals surface area contributed by atoms with Crippen molar-refractivity contribution in [2.45, 2.75) is 13.7 Å². The fraction of sp³-hybridized carbons (Fsp3) is 0.250. The van der Waals surface area contributed by atoms with Crippen LogP contribution in [0.3, 0.4) is 0 Å². The Kier molecular flexibility index (Phi) is 3.35. The topological polar surface area (TPSA) is 87.2 Å². The van der Waals surface area contributed by atoms with Gasteiger partial charge in [-0.2, -0.15) is 4.68 Å². The first-order valence-corrected chi connectivity index (χ1v) is 6.91. The Bertz CT molecular complexity index is 877. The van der Waals surface area contributed by atoms with Gasteiger partial charge in [0, 0.05) is 12.5 Å². The molecule has 9 heteroatoms. The summed E-state index contributed by atoms with van der Waals surface area (Å²) >= 11 is 1.42. The molecule has 0 N–H and O–H groups in total. The van der Waals surface area contributed by atoms with Gasteiger partial charge in [0.25, 0.3) is 0 Å². The summed E-state index contributed by atoms with van der Waals surface area (Å²) in [5.74, 6) is 0. The molecule has 3 rings (SSSR count). The largest absolute Gasteiger partial charge is 0.362 e. The lowest BCUT2D eigenvalue weighted by molar-refractivity contribution is 0.111. The lowest BCUT2D eigenvalue weighted by Gasteiger charge is -2.01. The van der Waals surface area contributed by atoms with Crippen LogP contribution in [0, 0.1) is 0 Å². The first-order chi connectivity index (χ1) is 10.1. The molecular weight excluding hydrogens is 292 g/mol. The van der Waals surface area contributed by atoms with Crippen LogP contribution in [0.5, 0.6) is 0 Å². The highest BCUT2D eigenvalue weighted by Crippen LogP contribution is 2.26. The second-order valence-electron chi connectivity index (χ2n) is 4.39. The number of hydrogen-bond acceptors (Lipinski definition) is 7. The molecule has 108 valence electrons. The first kappa shape index (κ1) is 13.6. The third kappa shape index (κ3) is 2.26. The van der Waals surface area contributed by atoms with E-state index < -0.39 is 0 Å². The first-order valence-electron chi connectivity index (χ1n) is 6.03. The Morgan fingerprint density at radius 3 is 3.00 bits per heavy atom. The third-order valence-electron chi connectivity index (χ3n) is 2.81. The summed E-state index contributed by atoms with van der Waals surface area (Å²) in [7, 11) is 1.48. The zero-order valence-electron chi connectivity index (χ0n) is 11.5. The average Bonchev–Trinajstić information content (AvgIpc) is 3.08. The van der Waals surface area contributed by atoms with Crippen LogP contribution in [0.25, 0.3) is 21.9 Å². The summed E-state index contributed by atoms with van der Waals surface area (Å²) in [5, 5.41) is 10.4. The summed E-state index contributed by atoms with van der Waals surface area (Å²) in [6.07, 6.45) is 1.41. The molecule has 0 unspecified atom stereocenters. The molecule has 0 bridgehead atoms. The number of nitrogens with zero attached hydrogens (tertiary/aromatic N) is 6. The maximum atomic E-state index is 12.1. The number of imidazole rings is 1. The van der Waals surface area contributed by atoms with Gasteiger partial charge in [-0.15, -0.1) is 16.4 Å². The predicted molar refractivity (Wildman–Crippen MR) is 77.9 cm³/mol. The van der Waals surface area contributed by atoms with E-state index in [-0.39, 0.29) is 12.4 Å². The highest BCUT2D eigenvalue weighted by molar-refractivity contribution is 7.13. The van der Waals surface area contributed by atoms with E-state index in [9.17, 15) is 4.79 Å². The Labute approximate surface area is 123 Å². The summed E-state index contributed by atoms with van der Waals surface area (Å²) < 4.78 is 7.32. The second kappa shape index (κ2) is 5.19. The van der Waals surface area contributed by atoms with E-state index in [1.54, 1.807) is 0 Å². The van der Waals surface area contributed by atoms with E-state index in [4.69, 9.17) is 4.74 Å². The smallest absolute Gasteiger partial charge is 0.355 e. The van der Waals surface area contributed by atoms with Crippen LogP contribution in [0.15, 0.2) is 23.1 Å². The van der Waals surface area contributed by atoms with E-state index in [2.05, 4.69) is 26.9 Å². The van der Waals surface area contributed by atoms with Crippen molar-refractivity contribution in [3.05, 3.63) is 34.5 Å². The van der Waals surface area contributed by atoms with Gasteiger partial charge in [0.2, 0.25) is 0 Å². The highest BCUT2D eigenvalue weighted by Gasteiger charge is 2.16. The molecule has 3 aromatic rings. The molecule has 0 spiro atoms.